The molecule has 2 aromatic carbocycles. The lowest BCUT2D eigenvalue weighted by Crippen LogP contribution is -2.41. The first kappa shape index (κ1) is 23.2. The van der Waals surface area contributed by atoms with Gasteiger partial charge in [0.05, 0.1) is 10.8 Å². The van der Waals surface area contributed by atoms with Crippen molar-refractivity contribution in [3.63, 3.8) is 0 Å². The molecule has 2 aliphatic rings. The van der Waals surface area contributed by atoms with Crippen LogP contribution in [0.3, 0.4) is 0 Å². The number of fused-ring (bicyclic) bond motifs is 1. The zero-order chi connectivity index (χ0) is 23.6. The number of nitrogens with one attached hydrogen (secondary N) is 2. The molecule has 2 N–H and O–H groups in total. The Bertz CT molecular complexity index is 1140. The number of hydrogen-bond donors (Lipinski definition) is 2. The minimum Gasteiger partial charge on any atom is -0.486 e. The van der Waals surface area contributed by atoms with Crippen molar-refractivity contribution in [3.05, 3.63) is 48.0 Å². The quantitative estimate of drug-likeness (QED) is 0.666. The monoisotopic (exact) mass is 484 g/mol. The predicted molar refractivity (Wildman–Crippen MR) is 114 cm³/mol. The van der Waals surface area contributed by atoms with E-state index in [4.69, 9.17) is 9.47 Å². The fourth-order valence-corrected chi connectivity index (χ4v) is 5.08. The van der Waals surface area contributed by atoms with Gasteiger partial charge in [-0.15, -0.1) is 0 Å². The molecule has 33 heavy (non-hydrogen) atoms. The minimum atomic E-state index is -4.28. The Kier molecular flexibility index (Phi) is 6.42. The number of benzene rings is 2. The zero-order valence-corrected chi connectivity index (χ0v) is 18.3. The zero-order valence-electron chi connectivity index (χ0n) is 17.5. The summed E-state index contributed by atoms with van der Waals surface area (Å²) in [6, 6.07) is 9.44. The maximum Gasteiger partial charge on any atom is 0.391 e. The highest BCUT2D eigenvalue weighted by atomic mass is 32.2. The Hall–Kier alpha value is -2.95. The first-order chi connectivity index (χ1) is 15.6. The number of anilines is 1. The molecule has 4 rings (SSSR count). The number of ether oxygens (including phenoxy) is 2. The van der Waals surface area contributed by atoms with Gasteiger partial charge in [-0.2, -0.15) is 13.2 Å². The van der Waals surface area contributed by atoms with Crippen molar-refractivity contribution in [2.75, 3.05) is 17.9 Å². The van der Waals surface area contributed by atoms with Gasteiger partial charge in [0, 0.05) is 23.4 Å². The number of rotatable bonds is 5. The topological polar surface area (TPSA) is 93.7 Å². The molecule has 7 nitrogen and oxygen atoms in total. The minimum absolute atomic E-state index is 0.0398. The molecule has 11 heteroatoms. The summed E-state index contributed by atoms with van der Waals surface area (Å²) >= 11 is 0. The third-order valence-corrected chi connectivity index (χ3v) is 7.05. The Labute approximate surface area is 189 Å². The second kappa shape index (κ2) is 9.12. The van der Waals surface area contributed by atoms with E-state index in [1.807, 2.05) is 0 Å². The molecule has 178 valence electrons. The molecule has 1 aliphatic carbocycles. The summed E-state index contributed by atoms with van der Waals surface area (Å²) in [5, 5.41) is 2.65. The third-order valence-electron chi connectivity index (χ3n) is 5.67. The fraction of sp³-hybridized carbons (Fsp3) is 0.409. The second-order valence-electron chi connectivity index (χ2n) is 8.07. The van der Waals surface area contributed by atoms with Gasteiger partial charge in [0.1, 0.15) is 13.2 Å². The van der Waals surface area contributed by atoms with Crippen molar-refractivity contribution < 1.29 is 35.9 Å². The molecule has 1 saturated carbocycles. The van der Waals surface area contributed by atoms with Crippen LogP contribution in [0.2, 0.25) is 0 Å². The Morgan fingerprint density at radius 2 is 1.76 bits per heavy atom. The number of amides is 1. The summed E-state index contributed by atoms with van der Waals surface area (Å²) in [6.45, 7) is 0.690. The molecular weight excluding hydrogens is 461 g/mol. The average molecular weight is 484 g/mol. The van der Waals surface area contributed by atoms with E-state index in [1.54, 1.807) is 0 Å². The molecule has 0 radical (unpaired) electrons. The van der Waals surface area contributed by atoms with E-state index in [1.165, 1.54) is 42.5 Å². The number of sulfonamides is 1. The van der Waals surface area contributed by atoms with E-state index in [0.29, 0.717) is 37.6 Å². The Morgan fingerprint density at radius 1 is 1.00 bits per heavy atom. The molecule has 0 saturated heterocycles. The standard InChI is InChI=1S/C22H23F3N2O5S/c23-22(24,25)15-4-2-5-16(12-15)26-21(28)14-3-1-6-17(11-14)27-33(29,30)18-7-8-19-20(13-18)32-10-9-31-19/h1,3,6-8,11,13,15-16,27H,2,4-5,9-10,12H2,(H,26,28). The summed E-state index contributed by atoms with van der Waals surface area (Å²) in [4.78, 5) is 12.6. The SMILES string of the molecule is O=C(NC1CCCC(C(F)(F)F)C1)c1cccc(NS(=O)(=O)c2ccc3c(c2)OCCO3)c1. The van der Waals surface area contributed by atoms with Crippen LogP contribution in [0.25, 0.3) is 0 Å². The number of hydrogen-bond acceptors (Lipinski definition) is 5. The first-order valence-corrected chi connectivity index (χ1v) is 12.0. The highest BCUT2D eigenvalue weighted by molar-refractivity contribution is 7.92. The molecular formula is C22H23F3N2O5S. The van der Waals surface area contributed by atoms with Gasteiger partial charge in [-0.05, 0) is 49.6 Å². The van der Waals surface area contributed by atoms with E-state index in [2.05, 4.69) is 10.0 Å². The molecule has 1 aliphatic heterocycles. The maximum absolute atomic E-state index is 13.0. The number of carbonyl (C=O) groups excluding carboxylic acids is 1. The smallest absolute Gasteiger partial charge is 0.391 e. The van der Waals surface area contributed by atoms with Crippen molar-refractivity contribution in [3.8, 4) is 11.5 Å². The van der Waals surface area contributed by atoms with Crippen molar-refractivity contribution in [1.29, 1.82) is 0 Å². The highest BCUT2D eigenvalue weighted by Gasteiger charge is 2.42. The molecule has 0 spiro atoms. The van der Waals surface area contributed by atoms with Gasteiger partial charge in [-0.3, -0.25) is 9.52 Å². The summed E-state index contributed by atoms with van der Waals surface area (Å²) in [5.41, 5.74) is 0.292. The van der Waals surface area contributed by atoms with Gasteiger partial charge in [-0.1, -0.05) is 12.5 Å². The van der Waals surface area contributed by atoms with Gasteiger partial charge in [-0.25, -0.2) is 8.42 Å². The first-order valence-electron chi connectivity index (χ1n) is 10.5. The number of carbonyl (C=O) groups is 1. The molecule has 1 heterocycles. The molecule has 1 amide bonds. The summed E-state index contributed by atoms with van der Waals surface area (Å²) in [5.74, 6) is -1.21. The van der Waals surface area contributed by atoms with E-state index < -0.39 is 34.1 Å². The van der Waals surface area contributed by atoms with Crippen LogP contribution in [-0.2, 0) is 10.0 Å². The largest absolute Gasteiger partial charge is 0.486 e. The van der Waals surface area contributed by atoms with Crippen molar-refractivity contribution >= 4 is 21.6 Å². The molecule has 1 fully saturated rings. The van der Waals surface area contributed by atoms with Crippen molar-refractivity contribution in [2.45, 2.75) is 42.8 Å². The second-order valence-corrected chi connectivity index (χ2v) is 9.75. The lowest BCUT2D eigenvalue weighted by Gasteiger charge is -2.31. The van der Waals surface area contributed by atoms with Gasteiger partial charge >= 0.3 is 6.18 Å². The van der Waals surface area contributed by atoms with Crippen LogP contribution in [0, 0.1) is 5.92 Å². The van der Waals surface area contributed by atoms with Crippen molar-refractivity contribution in [1.82, 2.24) is 5.32 Å². The van der Waals surface area contributed by atoms with Gasteiger partial charge in [0.15, 0.2) is 11.5 Å². The summed E-state index contributed by atoms with van der Waals surface area (Å²) < 4.78 is 77.9. The van der Waals surface area contributed by atoms with E-state index in [-0.39, 0.29) is 29.0 Å². The van der Waals surface area contributed by atoms with Crippen LogP contribution in [0.4, 0.5) is 18.9 Å². The van der Waals surface area contributed by atoms with Gasteiger partial charge in [0.25, 0.3) is 15.9 Å². The molecule has 0 bridgehead atoms. The fourth-order valence-electron chi connectivity index (χ4n) is 4.02. The molecule has 2 unspecified atom stereocenters. The van der Waals surface area contributed by atoms with Crippen LogP contribution in [-0.4, -0.2) is 39.8 Å². The van der Waals surface area contributed by atoms with E-state index >= 15 is 0 Å². The summed E-state index contributed by atoms with van der Waals surface area (Å²) in [7, 11) is -3.98. The normalized spacial score (nSPS) is 20.7. The van der Waals surface area contributed by atoms with E-state index in [9.17, 15) is 26.4 Å². The van der Waals surface area contributed by atoms with Gasteiger partial charge < -0.3 is 14.8 Å². The van der Waals surface area contributed by atoms with Crippen LogP contribution in [0.1, 0.15) is 36.0 Å². The predicted octanol–water partition coefficient (Wildman–Crippen LogP) is 4.11. The van der Waals surface area contributed by atoms with Crippen LogP contribution in [0.5, 0.6) is 11.5 Å². The lowest BCUT2D eigenvalue weighted by atomic mass is 9.85. The molecule has 2 aromatic rings. The van der Waals surface area contributed by atoms with Crippen LogP contribution in [0.15, 0.2) is 47.4 Å². The van der Waals surface area contributed by atoms with E-state index in [0.717, 1.165) is 0 Å². The van der Waals surface area contributed by atoms with Crippen molar-refractivity contribution in [2.24, 2.45) is 5.92 Å². The van der Waals surface area contributed by atoms with Crippen LogP contribution >= 0.6 is 0 Å². The van der Waals surface area contributed by atoms with Gasteiger partial charge in [0.2, 0.25) is 0 Å². The number of alkyl halides is 3. The lowest BCUT2D eigenvalue weighted by molar-refractivity contribution is -0.183. The Morgan fingerprint density at radius 3 is 2.52 bits per heavy atom. The average Bonchev–Trinajstić information content (AvgIpc) is 2.78. The third kappa shape index (κ3) is 5.52. The maximum atomic E-state index is 13.0. The highest BCUT2D eigenvalue weighted by Crippen LogP contribution is 2.37. The summed E-state index contributed by atoms with van der Waals surface area (Å²) in [6.07, 6.45) is -3.53. The molecule has 2 atom stereocenters. The number of halogens is 3. The Balaban J connectivity index is 1.45. The van der Waals surface area contributed by atoms with Crippen LogP contribution < -0.4 is 19.5 Å². The molecule has 0 aromatic heterocycles.